The Kier molecular flexibility index (Phi) is 2.44. The average molecular weight is 192 g/mol. The number of aliphatic hydroxyl groups excluding tert-OH is 1. The Labute approximate surface area is 84.1 Å². The fourth-order valence-electron chi connectivity index (χ4n) is 2.13. The van der Waals surface area contributed by atoms with Crippen LogP contribution in [0.1, 0.15) is 5.56 Å². The zero-order chi connectivity index (χ0) is 10.1. The summed E-state index contributed by atoms with van der Waals surface area (Å²) in [7, 11) is 2.03. The van der Waals surface area contributed by atoms with Crippen molar-refractivity contribution in [3.8, 4) is 0 Å². The fourth-order valence-corrected chi connectivity index (χ4v) is 2.13. The van der Waals surface area contributed by atoms with Gasteiger partial charge in [-0.1, -0.05) is 18.2 Å². The van der Waals surface area contributed by atoms with Gasteiger partial charge < -0.3 is 15.7 Å². The number of anilines is 1. The third-order valence-electron chi connectivity index (χ3n) is 3.00. The number of para-hydroxylation sites is 1. The SMILES string of the molecule is CN1c2ccccc2CC1C(N)CO. The molecular formula is C11H16N2O. The zero-order valence-corrected chi connectivity index (χ0v) is 8.35. The van der Waals surface area contributed by atoms with Crippen molar-refractivity contribution >= 4 is 5.69 Å². The summed E-state index contributed by atoms with van der Waals surface area (Å²) in [5.41, 5.74) is 8.42. The van der Waals surface area contributed by atoms with Crippen LogP contribution in [0.5, 0.6) is 0 Å². The molecule has 76 valence electrons. The molecular weight excluding hydrogens is 176 g/mol. The lowest BCUT2D eigenvalue weighted by Gasteiger charge is -2.26. The first-order valence-electron chi connectivity index (χ1n) is 4.91. The van der Waals surface area contributed by atoms with Gasteiger partial charge in [0.25, 0.3) is 0 Å². The molecule has 0 saturated carbocycles. The molecule has 3 nitrogen and oxygen atoms in total. The van der Waals surface area contributed by atoms with Crippen molar-refractivity contribution in [1.82, 2.24) is 0 Å². The number of hydrogen-bond donors (Lipinski definition) is 2. The Bertz CT molecular complexity index is 327. The number of hydrogen-bond acceptors (Lipinski definition) is 3. The number of rotatable bonds is 2. The second-order valence-corrected chi connectivity index (χ2v) is 3.86. The molecule has 0 saturated heterocycles. The number of aliphatic hydroxyl groups is 1. The minimum absolute atomic E-state index is 0.0446. The predicted octanol–water partition coefficient (Wildman–Crippen LogP) is 0.367. The first-order valence-corrected chi connectivity index (χ1v) is 4.91. The lowest BCUT2D eigenvalue weighted by Crippen LogP contribution is -2.46. The Morgan fingerprint density at radius 2 is 2.29 bits per heavy atom. The van der Waals surface area contributed by atoms with Crippen molar-refractivity contribution in [2.45, 2.75) is 18.5 Å². The summed E-state index contributed by atoms with van der Waals surface area (Å²) < 4.78 is 0. The number of nitrogens with zero attached hydrogens (tertiary/aromatic N) is 1. The highest BCUT2D eigenvalue weighted by Crippen LogP contribution is 2.31. The van der Waals surface area contributed by atoms with Crippen LogP contribution in [0.3, 0.4) is 0 Å². The maximum atomic E-state index is 9.04. The third kappa shape index (κ3) is 1.38. The third-order valence-corrected chi connectivity index (χ3v) is 3.00. The molecule has 1 aliphatic rings. The largest absolute Gasteiger partial charge is 0.395 e. The molecule has 0 radical (unpaired) electrons. The number of benzene rings is 1. The number of likely N-dealkylation sites (N-methyl/N-ethyl adjacent to an activating group) is 1. The van der Waals surface area contributed by atoms with Gasteiger partial charge in [0.05, 0.1) is 12.6 Å². The van der Waals surface area contributed by atoms with Crippen LogP contribution in [-0.4, -0.2) is 30.8 Å². The van der Waals surface area contributed by atoms with E-state index in [1.807, 2.05) is 19.2 Å². The molecule has 0 aliphatic carbocycles. The van der Waals surface area contributed by atoms with Crippen LogP contribution in [0, 0.1) is 0 Å². The van der Waals surface area contributed by atoms with E-state index in [1.54, 1.807) is 0 Å². The quantitative estimate of drug-likeness (QED) is 0.711. The molecule has 1 aliphatic heterocycles. The standard InChI is InChI=1S/C11H16N2O/c1-13-10-5-3-2-4-8(10)6-11(13)9(12)7-14/h2-5,9,11,14H,6-7,12H2,1H3. The molecule has 1 aromatic rings. The van der Waals surface area contributed by atoms with Gasteiger partial charge in [0, 0.05) is 18.8 Å². The zero-order valence-electron chi connectivity index (χ0n) is 8.35. The average Bonchev–Trinajstić information content (AvgIpc) is 2.56. The minimum atomic E-state index is -0.160. The maximum Gasteiger partial charge on any atom is 0.0602 e. The van der Waals surface area contributed by atoms with Crippen LogP contribution in [0.15, 0.2) is 24.3 Å². The minimum Gasteiger partial charge on any atom is -0.395 e. The second-order valence-electron chi connectivity index (χ2n) is 3.86. The highest BCUT2D eigenvalue weighted by Gasteiger charge is 2.29. The Balaban J connectivity index is 2.25. The van der Waals surface area contributed by atoms with E-state index in [2.05, 4.69) is 17.0 Å². The molecule has 3 heteroatoms. The molecule has 2 rings (SSSR count). The van der Waals surface area contributed by atoms with Gasteiger partial charge in [-0.25, -0.2) is 0 Å². The Hall–Kier alpha value is -1.06. The fraction of sp³-hybridized carbons (Fsp3) is 0.455. The maximum absolute atomic E-state index is 9.04. The van der Waals surface area contributed by atoms with Gasteiger partial charge >= 0.3 is 0 Å². The molecule has 0 fully saturated rings. The molecule has 0 amide bonds. The van der Waals surface area contributed by atoms with Crippen molar-refractivity contribution < 1.29 is 5.11 Å². The lowest BCUT2D eigenvalue weighted by molar-refractivity contribution is 0.249. The van der Waals surface area contributed by atoms with Crippen molar-refractivity contribution in [1.29, 1.82) is 0 Å². The summed E-state index contributed by atoms with van der Waals surface area (Å²) >= 11 is 0. The molecule has 0 spiro atoms. The summed E-state index contributed by atoms with van der Waals surface area (Å²) in [6.45, 7) is 0.0446. The molecule has 0 aromatic heterocycles. The lowest BCUT2D eigenvalue weighted by atomic mass is 10.0. The monoisotopic (exact) mass is 192 g/mol. The molecule has 0 bridgehead atoms. The molecule has 2 unspecified atom stereocenters. The van der Waals surface area contributed by atoms with E-state index in [-0.39, 0.29) is 18.7 Å². The van der Waals surface area contributed by atoms with Crippen LogP contribution < -0.4 is 10.6 Å². The topological polar surface area (TPSA) is 49.5 Å². The van der Waals surface area contributed by atoms with E-state index in [1.165, 1.54) is 11.3 Å². The van der Waals surface area contributed by atoms with Crippen LogP contribution in [-0.2, 0) is 6.42 Å². The Morgan fingerprint density at radius 3 is 2.93 bits per heavy atom. The van der Waals surface area contributed by atoms with E-state index in [0.29, 0.717) is 0 Å². The summed E-state index contributed by atoms with van der Waals surface area (Å²) in [6, 6.07) is 8.36. The molecule has 3 N–H and O–H groups in total. The highest BCUT2D eigenvalue weighted by atomic mass is 16.3. The normalized spacial score (nSPS) is 22.2. The van der Waals surface area contributed by atoms with Gasteiger partial charge in [0.2, 0.25) is 0 Å². The van der Waals surface area contributed by atoms with E-state index >= 15 is 0 Å². The van der Waals surface area contributed by atoms with Gasteiger partial charge in [0.1, 0.15) is 0 Å². The Morgan fingerprint density at radius 1 is 1.57 bits per heavy atom. The van der Waals surface area contributed by atoms with Crippen LogP contribution in [0.2, 0.25) is 0 Å². The van der Waals surface area contributed by atoms with E-state index in [9.17, 15) is 0 Å². The molecule has 1 aromatic carbocycles. The van der Waals surface area contributed by atoms with Gasteiger partial charge in [0.15, 0.2) is 0 Å². The summed E-state index contributed by atoms with van der Waals surface area (Å²) in [4.78, 5) is 2.16. The summed E-state index contributed by atoms with van der Waals surface area (Å²) in [5, 5.41) is 9.04. The van der Waals surface area contributed by atoms with Crippen molar-refractivity contribution in [2.75, 3.05) is 18.6 Å². The second kappa shape index (κ2) is 3.59. The predicted molar refractivity (Wildman–Crippen MR) is 57.4 cm³/mol. The smallest absolute Gasteiger partial charge is 0.0602 e. The molecule has 14 heavy (non-hydrogen) atoms. The van der Waals surface area contributed by atoms with Crippen molar-refractivity contribution in [3.63, 3.8) is 0 Å². The molecule has 1 heterocycles. The van der Waals surface area contributed by atoms with Gasteiger partial charge in [-0.3, -0.25) is 0 Å². The van der Waals surface area contributed by atoms with Gasteiger partial charge in [-0.15, -0.1) is 0 Å². The number of nitrogens with two attached hydrogens (primary N) is 1. The number of fused-ring (bicyclic) bond motifs is 1. The first-order chi connectivity index (χ1) is 6.74. The van der Waals surface area contributed by atoms with E-state index < -0.39 is 0 Å². The van der Waals surface area contributed by atoms with E-state index in [0.717, 1.165) is 6.42 Å². The van der Waals surface area contributed by atoms with E-state index in [4.69, 9.17) is 10.8 Å². The molecule has 2 atom stereocenters. The van der Waals surface area contributed by atoms with Crippen LogP contribution >= 0.6 is 0 Å². The van der Waals surface area contributed by atoms with Crippen molar-refractivity contribution in [2.24, 2.45) is 5.73 Å². The van der Waals surface area contributed by atoms with Gasteiger partial charge in [-0.2, -0.15) is 0 Å². The van der Waals surface area contributed by atoms with Crippen LogP contribution in [0.25, 0.3) is 0 Å². The van der Waals surface area contributed by atoms with Gasteiger partial charge in [-0.05, 0) is 18.1 Å². The van der Waals surface area contributed by atoms with Crippen molar-refractivity contribution in [3.05, 3.63) is 29.8 Å². The summed E-state index contributed by atoms with van der Waals surface area (Å²) in [5.74, 6) is 0. The highest BCUT2D eigenvalue weighted by molar-refractivity contribution is 5.59. The van der Waals surface area contributed by atoms with Crippen LogP contribution in [0.4, 0.5) is 5.69 Å². The first kappa shape index (κ1) is 9.49. The summed E-state index contributed by atoms with van der Waals surface area (Å²) in [6.07, 6.45) is 0.939.